The maximum absolute atomic E-state index is 12.9. The number of amides is 1. The largest absolute Gasteiger partial charge is 0.371 e. The summed E-state index contributed by atoms with van der Waals surface area (Å²) >= 11 is 0. The summed E-state index contributed by atoms with van der Waals surface area (Å²) in [4.78, 5) is 17.4. The van der Waals surface area contributed by atoms with Gasteiger partial charge in [-0.2, -0.15) is 0 Å². The molecule has 26 heavy (non-hydrogen) atoms. The molecule has 2 N–H and O–H groups in total. The minimum Gasteiger partial charge on any atom is -0.371 e. The van der Waals surface area contributed by atoms with Gasteiger partial charge in [-0.25, -0.2) is 0 Å². The van der Waals surface area contributed by atoms with Gasteiger partial charge in [-0.1, -0.05) is 31.0 Å². The second-order valence-corrected chi connectivity index (χ2v) is 7.81. The molecule has 0 aromatic heterocycles. The van der Waals surface area contributed by atoms with Crippen molar-refractivity contribution in [2.45, 2.75) is 57.0 Å². The monoisotopic (exact) mass is 401 g/mol. The summed E-state index contributed by atoms with van der Waals surface area (Å²) in [6, 6.07) is 11.0. The number of likely N-dealkylation sites (tertiary alicyclic amines) is 1. The standard InChI is InChI=1S/C20H31N3O.2ClH/c1-20(21)13-7-6-10-18(20)19(24)23-14-11-17(12-15-23)22(2)16-8-4-3-5-9-16;;/h3-5,8-9,17-18H,6-7,10-15,21H2,1-2H3;2*1H. The number of para-hydroxylation sites is 1. The van der Waals surface area contributed by atoms with E-state index >= 15 is 0 Å². The zero-order chi connectivity index (χ0) is 17.2. The third-order valence-corrected chi connectivity index (χ3v) is 6.04. The van der Waals surface area contributed by atoms with Crippen LogP contribution in [0.4, 0.5) is 5.69 Å². The van der Waals surface area contributed by atoms with Crippen LogP contribution in [0.5, 0.6) is 0 Å². The molecule has 1 saturated heterocycles. The summed E-state index contributed by atoms with van der Waals surface area (Å²) in [7, 11) is 2.16. The molecule has 0 radical (unpaired) electrons. The smallest absolute Gasteiger partial charge is 0.227 e. The van der Waals surface area contributed by atoms with E-state index in [1.807, 2.05) is 6.07 Å². The van der Waals surface area contributed by atoms with E-state index in [0.717, 1.165) is 51.6 Å². The number of benzene rings is 1. The Kier molecular flexibility index (Phi) is 8.71. The van der Waals surface area contributed by atoms with E-state index in [4.69, 9.17) is 5.73 Å². The van der Waals surface area contributed by atoms with Crippen molar-refractivity contribution in [3.63, 3.8) is 0 Å². The van der Waals surface area contributed by atoms with Gasteiger partial charge in [-0.15, -0.1) is 24.8 Å². The van der Waals surface area contributed by atoms with Gasteiger partial charge in [0.15, 0.2) is 0 Å². The van der Waals surface area contributed by atoms with Crippen molar-refractivity contribution in [1.29, 1.82) is 0 Å². The van der Waals surface area contributed by atoms with Crippen molar-refractivity contribution in [2.24, 2.45) is 11.7 Å². The average molecular weight is 402 g/mol. The number of hydrogen-bond acceptors (Lipinski definition) is 3. The Hall–Kier alpha value is -0.970. The minimum absolute atomic E-state index is 0. The summed E-state index contributed by atoms with van der Waals surface area (Å²) in [5.41, 5.74) is 7.35. The Morgan fingerprint density at radius 3 is 2.31 bits per heavy atom. The fraction of sp³-hybridized carbons (Fsp3) is 0.650. The molecule has 1 aliphatic carbocycles. The number of halogens is 2. The molecule has 2 unspecified atom stereocenters. The first-order valence-electron chi connectivity index (χ1n) is 9.34. The van der Waals surface area contributed by atoms with Crippen LogP contribution in [0.25, 0.3) is 0 Å². The lowest BCUT2D eigenvalue weighted by molar-refractivity contribution is -0.140. The Bertz CT molecular complexity index is 559. The molecule has 148 valence electrons. The summed E-state index contributed by atoms with van der Waals surface area (Å²) < 4.78 is 0. The Morgan fingerprint density at radius 2 is 1.73 bits per heavy atom. The summed E-state index contributed by atoms with van der Waals surface area (Å²) in [6.07, 6.45) is 6.28. The van der Waals surface area contributed by atoms with Crippen molar-refractivity contribution in [1.82, 2.24) is 4.90 Å². The quantitative estimate of drug-likeness (QED) is 0.835. The predicted molar refractivity (Wildman–Crippen MR) is 113 cm³/mol. The van der Waals surface area contributed by atoms with Crippen LogP contribution < -0.4 is 10.6 Å². The molecular formula is C20H33Cl2N3O. The molecule has 2 aliphatic rings. The molecule has 1 aromatic carbocycles. The van der Waals surface area contributed by atoms with Gasteiger partial charge < -0.3 is 15.5 Å². The van der Waals surface area contributed by atoms with Crippen LogP contribution in [0.15, 0.2) is 30.3 Å². The highest BCUT2D eigenvalue weighted by atomic mass is 35.5. The van der Waals surface area contributed by atoms with Crippen molar-refractivity contribution in [3.8, 4) is 0 Å². The van der Waals surface area contributed by atoms with Crippen molar-refractivity contribution < 1.29 is 4.79 Å². The van der Waals surface area contributed by atoms with Gasteiger partial charge in [0.2, 0.25) is 5.91 Å². The molecule has 1 saturated carbocycles. The molecule has 2 atom stereocenters. The van der Waals surface area contributed by atoms with Crippen molar-refractivity contribution in [3.05, 3.63) is 30.3 Å². The lowest BCUT2D eigenvalue weighted by Crippen LogP contribution is -2.55. The Labute approximate surface area is 170 Å². The Morgan fingerprint density at radius 1 is 1.12 bits per heavy atom. The van der Waals surface area contributed by atoms with Crippen LogP contribution in [-0.4, -0.2) is 42.5 Å². The van der Waals surface area contributed by atoms with Gasteiger partial charge >= 0.3 is 0 Å². The number of hydrogen-bond donors (Lipinski definition) is 1. The number of rotatable bonds is 3. The first-order valence-corrected chi connectivity index (χ1v) is 9.34. The van der Waals surface area contributed by atoms with Crippen LogP contribution >= 0.6 is 24.8 Å². The van der Waals surface area contributed by atoms with Crippen LogP contribution in [0.2, 0.25) is 0 Å². The average Bonchev–Trinajstić information content (AvgIpc) is 2.61. The van der Waals surface area contributed by atoms with Crippen LogP contribution in [0.1, 0.15) is 45.4 Å². The van der Waals surface area contributed by atoms with Gasteiger partial charge in [-0.05, 0) is 44.7 Å². The number of anilines is 1. The van der Waals surface area contributed by atoms with Crippen LogP contribution in [-0.2, 0) is 4.79 Å². The van der Waals surface area contributed by atoms with E-state index in [1.165, 1.54) is 5.69 Å². The van der Waals surface area contributed by atoms with E-state index in [9.17, 15) is 4.79 Å². The number of nitrogens with two attached hydrogens (primary N) is 1. The fourth-order valence-corrected chi connectivity index (χ4v) is 4.33. The first-order chi connectivity index (χ1) is 11.5. The topological polar surface area (TPSA) is 49.6 Å². The van der Waals surface area contributed by atoms with Gasteiger partial charge in [0.25, 0.3) is 0 Å². The maximum atomic E-state index is 12.9. The Balaban J connectivity index is 0.00000169. The van der Waals surface area contributed by atoms with E-state index in [2.05, 4.69) is 48.0 Å². The molecule has 6 heteroatoms. The zero-order valence-corrected chi connectivity index (χ0v) is 17.5. The van der Waals surface area contributed by atoms with E-state index in [0.29, 0.717) is 11.9 Å². The van der Waals surface area contributed by atoms with E-state index in [1.54, 1.807) is 0 Å². The highest BCUT2D eigenvalue weighted by Crippen LogP contribution is 2.34. The number of carbonyl (C=O) groups is 1. The molecule has 1 aliphatic heterocycles. The summed E-state index contributed by atoms with van der Waals surface area (Å²) in [5, 5.41) is 0. The van der Waals surface area contributed by atoms with Gasteiger partial charge in [0.1, 0.15) is 0 Å². The molecule has 2 fully saturated rings. The summed E-state index contributed by atoms with van der Waals surface area (Å²) in [5.74, 6) is 0.301. The number of carbonyl (C=O) groups excluding carboxylic acids is 1. The van der Waals surface area contributed by atoms with Crippen molar-refractivity contribution >= 4 is 36.4 Å². The molecule has 1 aromatic rings. The third-order valence-electron chi connectivity index (χ3n) is 6.04. The number of nitrogens with zero attached hydrogens (tertiary/aromatic N) is 2. The SMILES string of the molecule is CN(c1ccccc1)C1CCN(C(=O)C2CCCCC2(C)N)CC1.Cl.Cl. The first kappa shape index (κ1) is 23.1. The highest BCUT2D eigenvalue weighted by molar-refractivity contribution is 5.85. The van der Waals surface area contributed by atoms with E-state index < -0.39 is 0 Å². The molecule has 4 nitrogen and oxygen atoms in total. The molecular weight excluding hydrogens is 369 g/mol. The maximum Gasteiger partial charge on any atom is 0.227 e. The lowest BCUT2D eigenvalue weighted by atomic mass is 9.74. The van der Waals surface area contributed by atoms with Gasteiger partial charge in [-0.3, -0.25) is 4.79 Å². The third kappa shape index (κ3) is 5.05. The normalized spacial score (nSPS) is 26.4. The van der Waals surface area contributed by atoms with Gasteiger partial charge in [0, 0.05) is 37.4 Å². The molecule has 1 amide bonds. The van der Waals surface area contributed by atoms with Gasteiger partial charge in [0.05, 0.1) is 5.92 Å². The predicted octanol–water partition coefficient (Wildman–Crippen LogP) is 3.87. The number of piperidine rings is 1. The second-order valence-electron chi connectivity index (χ2n) is 7.81. The minimum atomic E-state index is -0.326. The van der Waals surface area contributed by atoms with Crippen LogP contribution in [0, 0.1) is 5.92 Å². The lowest BCUT2D eigenvalue weighted by Gasteiger charge is -2.43. The second kappa shape index (κ2) is 9.82. The molecule has 3 rings (SSSR count). The van der Waals surface area contributed by atoms with Crippen LogP contribution in [0.3, 0.4) is 0 Å². The molecule has 1 heterocycles. The van der Waals surface area contributed by atoms with Crippen molar-refractivity contribution in [2.75, 3.05) is 25.0 Å². The summed E-state index contributed by atoms with van der Waals surface area (Å²) in [6.45, 7) is 3.77. The fourth-order valence-electron chi connectivity index (χ4n) is 4.33. The zero-order valence-electron chi connectivity index (χ0n) is 15.9. The highest BCUT2D eigenvalue weighted by Gasteiger charge is 2.40. The van der Waals surface area contributed by atoms with E-state index in [-0.39, 0.29) is 36.3 Å². The molecule has 0 spiro atoms. The molecule has 0 bridgehead atoms.